The van der Waals surface area contributed by atoms with Gasteiger partial charge in [0.1, 0.15) is 0 Å². The van der Waals surface area contributed by atoms with E-state index in [0.717, 1.165) is 11.8 Å². The second-order valence-electron chi connectivity index (χ2n) is 5.68. The molecule has 0 saturated heterocycles. The Hall–Kier alpha value is -1.43. The Kier molecular flexibility index (Phi) is 5.68. The number of nitrogens with zero attached hydrogens (tertiary/aromatic N) is 1. The highest BCUT2D eigenvalue weighted by Gasteiger charge is 2.26. The smallest absolute Gasteiger partial charge is 0.270 e. The molecule has 1 unspecified atom stereocenters. The summed E-state index contributed by atoms with van der Waals surface area (Å²) in [4.78, 5) is 22.4. The predicted octanol–water partition coefficient (Wildman–Crippen LogP) is 3.52. The number of halogens is 1. The van der Waals surface area contributed by atoms with Gasteiger partial charge in [-0.05, 0) is 17.9 Å². The zero-order valence-corrected chi connectivity index (χ0v) is 13.4. The minimum absolute atomic E-state index is 0.00589. The number of nitro benzene ring substituents is 1. The lowest BCUT2D eigenvalue weighted by Gasteiger charge is -2.31. The van der Waals surface area contributed by atoms with Crippen molar-refractivity contribution in [3.8, 4) is 0 Å². The largest absolute Gasteiger partial charge is 0.349 e. The number of carbonyl (C=O) groups is 1. The molecule has 1 aromatic rings. The van der Waals surface area contributed by atoms with Crippen LogP contribution >= 0.6 is 15.9 Å². The lowest BCUT2D eigenvalue weighted by Crippen LogP contribution is -2.44. The number of rotatable bonds is 5. The molecule has 5 nitrogen and oxygen atoms in total. The number of nitrogens with one attached hydrogen (secondary N) is 1. The summed E-state index contributed by atoms with van der Waals surface area (Å²) in [7, 11) is 0. The van der Waals surface area contributed by atoms with Crippen molar-refractivity contribution in [1.82, 2.24) is 5.32 Å². The van der Waals surface area contributed by atoms with E-state index in [2.05, 4.69) is 21.2 Å². The molecule has 6 heteroatoms. The summed E-state index contributed by atoms with van der Waals surface area (Å²) in [6.45, 7) is 6.15. The van der Waals surface area contributed by atoms with Gasteiger partial charge < -0.3 is 5.32 Å². The Morgan fingerprint density at radius 2 is 2.10 bits per heavy atom. The van der Waals surface area contributed by atoms with Crippen LogP contribution in [0.4, 0.5) is 5.69 Å². The minimum Gasteiger partial charge on any atom is -0.349 e. The second-order valence-corrected chi connectivity index (χ2v) is 6.47. The molecule has 0 aliphatic carbocycles. The van der Waals surface area contributed by atoms with Crippen LogP contribution in [0.25, 0.3) is 0 Å². The number of hydrogen-bond donors (Lipinski definition) is 1. The average molecular weight is 343 g/mol. The Balaban J connectivity index is 2.89. The molecule has 20 heavy (non-hydrogen) atoms. The molecule has 1 aromatic carbocycles. The van der Waals surface area contributed by atoms with Gasteiger partial charge in [0.25, 0.3) is 11.6 Å². The first-order valence-corrected chi connectivity index (χ1v) is 7.49. The number of hydrogen-bond acceptors (Lipinski definition) is 3. The van der Waals surface area contributed by atoms with Crippen LogP contribution in [0, 0.1) is 15.5 Å². The Morgan fingerprint density at radius 1 is 1.45 bits per heavy atom. The van der Waals surface area contributed by atoms with E-state index in [-0.39, 0.29) is 23.1 Å². The van der Waals surface area contributed by atoms with Crippen molar-refractivity contribution in [3.63, 3.8) is 0 Å². The number of alkyl halides is 1. The molecule has 1 rings (SSSR count). The standard InChI is InChI=1S/C14H19BrN2O3/c1-14(2,3)12(7-8-15)16-13(18)10-5-4-6-11(9-10)17(19)20/h4-6,9,12H,7-8H2,1-3H3,(H,16,18). The monoisotopic (exact) mass is 342 g/mol. The zero-order valence-electron chi connectivity index (χ0n) is 11.9. The predicted molar refractivity (Wildman–Crippen MR) is 82.2 cm³/mol. The molecule has 1 N–H and O–H groups in total. The van der Waals surface area contributed by atoms with Crippen LogP contribution in [0.15, 0.2) is 24.3 Å². The van der Waals surface area contributed by atoms with Gasteiger partial charge in [0, 0.05) is 29.1 Å². The normalized spacial score (nSPS) is 12.8. The minimum atomic E-state index is -0.503. The maximum absolute atomic E-state index is 12.2. The molecule has 0 bridgehead atoms. The molecule has 0 aromatic heterocycles. The van der Waals surface area contributed by atoms with E-state index in [1.807, 2.05) is 20.8 Å². The molecular weight excluding hydrogens is 324 g/mol. The van der Waals surface area contributed by atoms with Gasteiger partial charge in [-0.2, -0.15) is 0 Å². The van der Waals surface area contributed by atoms with Crippen LogP contribution in [0.2, 0.25) is 0 Å². The van der Waals surface area contributed by atoms with Gasteiger partial charge in [-0.15, -0.1) is 0 Å². The quantitative estimate of drug-likeness (QED) is 0.505. The number of non-ortho nitro benzene ring substituents is 1. The van der Waals surface area contributed by atoms with Gasteiger partial charge in [-0.25, -0.2) is 0 Å². The molecule has 0 fully saturated rings. The van der Waals surface area contributed by atoms with Crippen molar-refractivity contribution in [2.75, 3.05) is 5.33 Å². The number of amides is 1. The third-order valence-corrected chi connectivity index (χ3v) is 3.53. The Bertz CT molecular complexity index is 497. The van der Waals surface area contributed by atoms with Crippen molar-refractivity contribution < 1.29 is 9.72 Å². The van der Waals surface area contributed by atoms with Crippen LogP contribution in [-0.2, 0) is 0 Å². The molecule has 110 valence electrons. The fourth-order valence-corrected chi connectivity index (χ4v) is 2.29. The number of nitro groups is 1. The summed E-state index contributed by atoms with van der Waals surface area (Å²) in [5.74, 6) is -0.283. The lowest BCUT2D eigenvalue weighted by atomic mass is 9.85. The first kappa shape index (κ1) is 16.6. The van der Waals surface area contributed by atoms with E-state index in [4.69, 9.17) is 0 Å². The van der Waals surface area contributed by atoms with Gasteiger partial charge >= 0.3 is 0 Å². The molecule has 1 atom stereocenters. The average Bonchev–Trinajstić information content (AvgIpc) is 2.37. The van der Waals surface area contributed by atoms with Crippen LogP contribution in [-0.4, -0.2) is 22.2 Å². The summed E-state index contributed by atoms with van der Waals surface area (Å²) in [5, 5.41) is 14.5. The molecule has 0 heterocycles. The van der Waals surface area contributed by atoms with Gasteiger partial charge in [0.15, 0.2) is 0 Å². The van der Waals surface area contributed by atoms with Crippen LogP contribution in [0.5, 0.6) is 0 Å². The summed E-state index contributed by atoms with van der Waals surface area (Å²) in [5.41, 5.74) is 0.151. The van der Waals surface area contributed by atoms with E-state index in [1.165, 1.54) is 18.2 Å². The Labute approximate surface area is 127 Å². The van der Waals surface area contributed by atoms with E-state index in [1.54, 1.807) is 6.07 Å². The van der Waals surface area contributed by atoms with E-state index in [0.29, 0.717) is 5.56 Å². The highest BCUT2D eigenvalue weighted by Crippen LogP contribution is 2.23. The maximum atomic E-state index is 12.2. The van der Waals surface area contributed by atoms with Gasteiger partial charge in [-0.3, -0.25) is 14.9 Å². The lowest BCUT2D eigenvalue weighted by molar-refractivity contribution is -0.384. The fourth-order valence-electron chi connectivity index (χ4n) is 1.83. The van der Waals surface area contributed by atoms with Gasteiger partial charge in [0.05, 0.1) is 4.92 Å². The zero-order chi connectivity index (χ0) is 15.3. The summed E-state index contributed by atoms with van der Waals surface area (Å²) in [6, 6.07) is 5.76. The van der Waals surface area contributed by atoms with Gasteiger partial charge in [0.2, 0.25) is 0 Å². The second kappa shape index (κ2) is 6.83. The molecule has 0 saturated carbocycles. The Morgan fingerprint density at radius 3 is 2.60 bits per heavy atom. The van der Waals surface area contributed by atoms with Crippen molar-refractivity contribution >= 4 is 27.5 Å². The molecule has 0 aliphatic rings. The van der Waals surface area contributed by atoms with Gasteiger partial charge in [-0.1, -0.05) is 42.8 Å². The molecule has 0 spiro atoms. The summed E-state index contributed by atoms with van der Waals surface area (Å²) in [6.07, 6.45) is 0.796. The van der Waals surface area contributed by atoms with Crippen molar-refractivity contribution in [2.45, 2.75) is 33.2 Å². The number of carbonyl (C=O) groups excluding carboxylic acids is 1. The highest BCUT2D eigenvalue weighted by atomic mass is 79.9. The third kappa shape index (κ3) is 4.59. The molecular formula is C14H19BrN2O3. The van der Waals surface area contributed by atoms with Crippen LogP contribution in [0.1, 0.15) is 37.6 Å². The van der Waals surface area contributed by atoms with Crippen molar-refractivity contribution in [3.05, 3.63) is 39.9 Å². The topological polar surface area (TPSA) is 72.2 Å². The maximum Gasteiger partial charge on any atom is 0.270 e. The van der Waals surface area contributed by atoms with Crippen LogP contribution < -0.4 is 5.32 Å². The summed E-state index contributed by atoms with van der Waals surface area (Å²) >= 11 is 3.38. The van der Waals surface area contributed by atoms with Crippen molar-refractivity contribution in [2.24, 2.45) is 5.41 Å². The SMILES string of the molecule is CC(C)(C)C(CCBr)NC(=O)c1cccc([N+](=O)[O-])c1. The molecule has 1 amide bonds. The van der Waals surface area contributed by atoms with E-state index < -0.39 is 4.92 Å². The van der Waals surface area contributed by atoms with E-state index in [9.17, 15) is 14.9 Å². The van der Waals surface area contributed by atoms with Crippen molar-refractivity contribution in [1.29, 1.82) is 0 Å². The first-order valence-electron chi connectivity index (χ1n) is 6.37. The first-order chi connectivity index (χ1) is 9.25. The summed E-state index contributed by atoms with van der Waals surface area (Å²) < 4.78 is 0. The molecule has 0 aliphatic heterocycles. The highest BCUT2D eigenvalue weighted by molar-refractivity contribution is 9.09. The third-order valence-electron chi connectivity index (χ3n) is 3.07. The number of benzene rings is 1. The fraction of sp³-hybridized carbons (Fsp3) is 0.500. The molecule has 0 radical (unpaired) electrons. The van der Waals surface area contributed by atoms with Crippen LogP contribution in [0.3, 0.4) is 0 Å². The van der Waals surface area contributed by atoms with E-state index >= 15 is 0 Å².